The Kier molecular flexibility index (Phi) is 6.66. The van der Waals surface area contributed by atoms with Gasteiger partial charge in [0.1, 0.15) is 11.8 Å². The van der Waals surface area contributed by atoms with Crippen molar-refractivity contribution in [2.45, 2.75) is 19.4 Å². The summed E-state index contributed by atoms with van der Waals surface area (Å²) in [6.45, 7) is 8.83. The van der Waals surface area contributed by atoms with Gasteiger partial charge in [0.2, 0.25) is 0 Å². The highest BCUT2D eigenvalue weighted by Gasteiger charge is 2.32. The average Bonchev–Trinajstić information content (AvgIpc) is 3.11. The quantitative estimate of drug-likeness (QED) is 0.729. The molecule has 8 heteroatoms. The summed E-state index contributed by atoms with van der Waals surface area (Å²) in [6.07, 6.45) is 5.18. The average molecular weight is 357 g/mol. The number of amides is 1. The number of aromatic nitrogens is 2. The van der Waals surface area contributed by atoms with E-state index >= 15 is 0 Å². The van der Waals surface area contributed by atoms with E-state index in [1.165, 1.54) is 6.20 Å². The molecule has 1 aliphatic rings. The number of aromatic amines is 1. The van der Waals surface area contributed by atoms with Crippen molar-refractivity contribution in [3.05, 3.63) is 29.9 Å². The van der Waals surface area contributed by atoms with Crippen LogP contribution < -0.4 is 5.32 Å². The van der Waals surface area contributed by atoms with Gasteiger partial charge in [-0.3, -0.25) is 14.7 Å². The highest BCUT2D eigenvalue weighted by Crippen LogP contribution is 2.19. The van der Waals surface area contributed by atoms with E-state index < -0.39 is 0 Å². The molecule has 2 heterocycles. The zero-order chi connectivity index (χ0) is 19.2. The molecule has 0 aromatic carbocycles. The van der Waals surface area contributed by atoms with E-state index in [0.717, 1.165) is 31.9 Å². The first-order valence-corrected chi connectivity index (χ1v) is 8.69. The molecular weight excluding hydrogens is 330 g/mol. The van der Waals surface area contributed by atoms with Gasteiger partial charge in [-0.2, -0.15) is 5.26 Å². The third-order valence-corrected chi connectivity index (χ3v) is 4.73. The summed E-state index contributed by atoms with van der Waals surface area (Å²) in [7, 11) is 3.93. The molecule has 1 aromatic rings. The van der Waals surface area contributed by atoms with E-state index in [1.54, 1.807) is 7.05 Å². The number of likely N-dealkylation sites (N-methyl/N-ethyl adjacent to an activating group) is 1. The summed E-state index contributed by atoms with van der Waals surface area (Å²) in [6, 6.07) is 1.91. The second-order valence-corrected chi connectivity index (χ2v) is 6.83. The lowest BCUT2D eigenvalue weighted by atomic mass is 9.94. The Balaban J connectivity index is 1.90. The number of nitriles is 1. The van der Waals surface area contributed by atoms with E-state index in [2.05, 4.69) is 51.0 Å². The SMILES string of the molecule is CN=C(/C=C\CNC(=O)c1ncc(C#N)[nH]1)C(C)(C)N1CCN(C)CC1. The van der Waals surface area contributed by atoms with E-state index in [0.29, 0.717) is 6.54 Å². The monoisotopic (exact) mass is 357 g/mol. The Hall–Kier alpha value is -2.50. The van der Waals surface area contributed by atoms with Crippen molar-refractivity contribution in [2.24, 2.45) is 4.99 Å². The summed E-state index contributed by atoms with van der Waals surface area (Å²) < 4.78 is 0. The summed E-state index contributed by atoms with van der Waals surface area (Å²) >= 11 is 0. The lowest BCUT2D eigenvalue weighted by Crippen LogP contribution is -2.56. The maximum Gasteiger partial charge on any atom is 0.287 e. The molecular formula is C18H27N7O. The van der Waals surface area contributed by atoms with Crippen LogP contribution >= 0.6 is 0 Å². The Morgan fingerprint density at radius 3 is 2.73 bits per heavy atom. The smallest absolute Gasteiger partial charge is 0.287 e. The highest BCUT2D eigenvalue weighted by molar-refractivity contribution is 6.02. The van der Waals surface area contributed by atoms with Crippen LogP contribution in [0.4, 0.5) is 0 Å². The first-order valence-electron chi connectivity index (χ1n) is 8.69. The summed E-state index contributed by atoms with van der Waals surface area (Å²) in [5.74, 6) is -0.207. The summed E-state index contributed by atoms with van der Waals surface area (Å²) in [5.41, 5.74) is 1.07. The molecule has 8 nitrogen and oxygen atoms in total. The number of hydrogen-bond donors (Lipinski definition) is 2. The number of H-pyrrole nitrogens is 1. The van der Waals surface area contributed by atoms with Crippen molar-refractivity contribution in [3.8, 4) is 6.07 Å². The highest BCUT2D eigenvalue weighted by atomic mass is 16.2. The third kappa shape index (κ3) is 4.77. The van der Waals surface area contributed by atoms with Crippen LogP contribution in [-0.4, -0.2) is 83.7 Å². The van der Waals surface area contributed by atoms with Gasteiger partial charge in [0.25, 0.3) is 5.91 Å². The topological polar surface area (TPSA) is 100 Å². The van der Waals surface area contributed by atoms with Crippen LogP contribution in [0.1, 0.15) is 30.2 Å². The minimum Gasteiger partial charge on any atom is -0.346 e. The van der Waals surface area contributed by atoms with Crippen molar-refractivity contribution < 1.29 is 4.79 Å². The number of nitrogens with zero attached hydrogens (tertiary/aromatic N) is 5. The van der Waals surface area contributed by atoms with E-state index in [4.69, 9.17) is 5.26 Å². The number of carbonyl (C=O) groups excluding carboxylic acids is 1. The molecule has 2 rings (SSSR count). The number of imidazole rings is 1. The number of piperazine rings is 1. The van der Waals surface area contributed by atoms with Gasteiger partial charge in [-0.15, -0.1) is 0 Å². The standard InChI is InChI=1S/C18H27N7O/c1-18(2,25-10-8-24(4)9-11-25)15(20-3)6-5-7-21-17(26)16-22-13-14(12-19)23-16/h5-6,13H,7-11H2,1-4H3,(H,21,26)(H,22,23)/b6-5-,20-15?. The lowest BCUT2D eigenvalue weighted by Gasteiger charge is -2.43. The Labute approximate surface area is 154 Å². The Morgan fingerprint density at radius 1 is 1.46 bits per heavy atom. The molecule has 1 saturated heterocycles. The maximum absolute atomic E-state index is 12.0. The van der Waals surface area contributed by atoms with E-state index in [1.807, 2.05) is 18.2 Å². The van der Waals surface area contributed by atoms with Gasteiger partial charge in [-0.25, -0.2) is 4.98 Å². The van der Waals surface area contributed by atoms with Crippen molar-refractivity contribution in [1.29, 1.82) is 5.26 Å². The minimum atomic E-state index is -0.343. The van der Waals surface area contributed by atoms with Gasteiger partial charge in [-0.05, 0) is 27.0 Å². The molecule has 0 atom stereocenters. The van der Waals surface area contributed by atoms with Gasteiger partial charge < -0.3 is 15.2 Å². The molecule has 0 radical (unpaired) electrons. The van der Waals surface area contributed by atoms with Crippen LogP contribution in [0, 0.1) is 11.3 Å². The number of carbonyl (C=O) groups is 1. The molecule has 1 aliphatic heterocycles. The van der Waals surface area contributed by atoms with Crippen LogP contribution in [0.2, 0.25) is 0 Å². The molecule has 1 amide bonds. The Morgan fingerprint density at radius 2 is 2.15 bits per heavy atom. The van der Waals surface area contributed by atoms with Crippen LogP contribution in [0.15, 0.2) is 23.3 Å². The molecule has 140 valence electrons. The maximum atomic E-state index is 12.0. The van der Waals surface area contributed by atoms with Crippen molar-refractivity contribution >= 4 is 11.6 Å². The van der Waals surface area contributed by atoms with Gasteiger partial charge in [0.15, 0.2) is 5.82 Å². The number of rotatable bonds is 6. The second-order valence-electron chi connectivity index (χ2n) is 6.83. The fourth-order valence-electron chi connectivity index (χ4n) is 2.98. The van der Waals surface area contributed by atoms with Gasteiger partial charge in [0, 0.05) is 39.8 Å². The van der Waals surface area contributed by atoms with Crippen LogP contribution in [0.3, 0.4) is 0 Å². The van der Waals surface area contributed by atoms with Crippen LogP contribution in [0.25, 0.3) is 0 Å². The zero-order valence-electron chi connectivity index (χ0n) is 15.9. The molecule has 26 heavy (non-hydrogen) atoms. The first kappa shape index (κ1) is 19.8. The fourth-order valence-corrected chi connectivity index (χ4v) is 2.98. The molecule has 0 unspecified atom stereocenters. The lowest BCUT2D eigenvalue weighted by molar-refractivity contribution is 0.0948. The minimum absolute atomic E-state index is 0.136. The van der Waals surface area contributed by atoms with Crippen molar-refractivity contribution in [3.63, 3.8) is 0 Å². The fraction of sp³-hybridized carbons (Fsp3) is 0.556. The largest absolute Gasteiger partial charge is 0.346 e. The molecule has 1 fully saturated rings. The second kappa shape index (κ2) is 8.74. The Bertz CT molecular complexity index is 718. The van der Waals surface area contributed by atoms with Crippen LogP contribution in [-0.2, 0) is 0 Å². The normalized spacial score (nSPS) is 17.4. The molecule has 0 saturated carbocycles. The van der Waals surface area contributed by atoms with Gasteiger partial charge >= 0.3 is 0 Å². The first-order chi connectivity index (χ1) is 12.4. The van der Waals surface area contributed by atoms with Crippen LogP contribution in [0.5, 0.6) is 0 Å². The molecule has 0 aliphatic carbocycles. The molecule has 0 spiro atoms. The van der Waals surface area contributed by atoms with Gasteiger partial charge in [0.05, 0.1) is 17.4 Å². The molecule has 0 bridgehead atoms. The number of hydrogen-bond acceptors (Lipinski definition) is 6. The van der Waals surface area contributed by atoms with E-state index in [-0.39, 0.29) is 23.0 Å². The summed E-state index contributed by atoms with van der Waals surface area (Å²) in [5, 5.41) is 11.5. The predicted molar refractivity (Wildman–Crippen MR) is 101 cm³/mol. The summed E-state index contributed by atoms with van der Waals surface area (Å²) in [4.78, 5) is 27.7. The predicted octanol–water partition coefficient (Wildman–Crippen LogP) is 0.664. The molecule has 1 aromatic heterocycles. The number of nitrogens with one attached hydrogen (secondary N) is 2. The van der Waals surface area contributed by atoms with Crippen molar-refractivity contribution in [1.82, 2.24) is 25.1 Å². The number of aliphatic imine (C=N–C) groups is 1. The van der Waals surface area contributed by atoms with E-state index in [9.17, 15) is 4.79 Å². The molecule has 2 N–H and O–H groups in total. The van der Waals surface area contributed by atoms with Crippen molar-refractivity contribution in [2.75, 3.05) is 46.8 Å². The zero-order valence-corrected chi connectivity index (χ0v) is 15.9. The third-order valence-electron chi connectivity index (χ3n) is 4.73. The van der Waals surface area contributed by atoms with Gasteiger partial charge in [-0.1, -0.05) is 6.08 Å².